The van der Waals surface area contributed by atoms with Crippen molar-refractivity contribution in [2.45, 2.75) is 6.18 Å². The van der Waals surface area contributed by atoms with Crippen LogP contribution in [0.4, 0.5) is 47.3 Å². The first-order chi connectivity index (χ1) is 48.2. The minimum absolute atomic E-state index is 0.0359. The molecule has 0 spiro atoms. The Morgan fingerprint density at radius 1 is 0.276 bits per heavy atom. The third kappa shape index (κ3) is 10.1. The third-order valence-corrected chi connectivity index (χ3v) is 19.4. The molecule has 0 atom stereocenters. The lowest BCUT2D eigenvalue weighted by atomic mass is 9.33. The standard InChI is InChI=1S/C89H57BF3N5/c91-89(92,93)74-35-21-37-83(86(74)88-94-77(64-30-15-5-16-31-64)57-78(95-88)65-32-17-6-18-33-65)98-79-36-20-19-34-72(79)73-52-66(42-49-80(73)98)69-55-84-87-85(56-69)97(71-47-40-63(41-48-71)59-24-9-2-10-25-59)82-51-44-68(61-28-13-4-14-29-61)54-76(82)90(87)75-53-67(60-26-11-3-12-27-60)43-50-81(75)96(84)70-45-38-62(39-46-70)58-22-7-1-8-23-58/h1-57H. The summed E-state index contributed by atoms with van der Waals surface area (Å²) in [6, 6.07) is 119. The van der Waals surface area contributed by atoms with Gasteiger partial charge in [-0.05, 0) is 157 Å². The number of hydrogen-bond acceptors (Lipinski definition) is 4. The lowest BCUT2D eigenvalue weighted by molar-refractivity contribution is -0.137. The molecule has 0 amide bonds. The Hall–Kier alpha value is -12.6. The largest absolute Gasteiger partial charge is 0.417 e. The summed E-state index contributed by atoms with van der Waals surface area (Å²) in [7, 11) is 0. The first-order valence-corrected chi connectivity index (χ1v) is 33.0. The van der Waals surface area contributed by atoms with Crippen LogP contribution in [0, 0.1) is 0 Å². The Labute approximate surface area is 566 Å². The smallest absolute Gasteiger partial charge is 0.311 e. The summed E-state index contributed by atoms with van der Waals surface area (Å²) < 4.78 is 50.0. The van der Waals surface area contributed by atoms with E-state index in [4.69, 9.17) is 9.97 Å². The van der Waals surface area contributed by atoms with E-state index >= 15 is 13.2 Å². The predicted octanol–water partition coefficient (Wildman–Crippen LogP) is 22.0. The molecule has 0 fully saturated rings. The van der Waals surface area contributed by atoms with Gasteiger partial charge in [0.05, 0.1) is 39.2 Å². The average molecular weight is 1260 g/mol. The molecule has 0 saturated carbocycles. The van der Waals surface area contributed by atoms with Crippen LogP contribution in [0.3, 0.4) is 0 Å². The van der Waals surface area contributed by atoms with Gasteiger partial charge < -0.3 is 14.4 Å². The van der Waals surface area contributed by atoms with E-state index in [1.54, 1.807) is 6.07 Å². The number of nitrogens with zero attached hydrogens (tertiary/aromatic N) is 5. The molecule has 14 aromatic carbocycles. The molecule has 0 aliphatic carbocycles. The first-order valence-electron chi connectivity index (χ1n) is 33.0. The number of aromatic nitrogens is 3. The number of benzene rings is 14. The van der Waals surface area contributed by atoms with E-state index in [0.29, 0.717) is 17.1 Å². The average Bonchev–Trinajstić information content (AvgIpc) is 1.43. The van der Waals surface area contributed by atoms with Crippen LogP contribution >= 0.6 is 0 Å². The monoisotopic (exact) mass is 1260 g/mol. The third-order valence-electron chi connectivity index (χ3n) is 19.4. The molecule has 0 N–H and O–H groups in total. The molecule has 2 aromatic heterocycles. The van der Waals surface area contributed by atoms with Crippen LogP contribution in [-0.2, 0) is 6.18 Å². The number of alkyl halides is 3. The maximum atomic E-state index is 16.0. The number of rotatable bonds is 11. The van der Waals surface area contributed by atoms with E-state index in [1.165, 1.54) is 17.0 Å². The predicted molar refractivity (Wildman–Crippen MR) is 399 cm³/mol. The van der Waals surface area contributed by atoms with Crippen molar-refractivity contribution >= 4 is 79.0 Å². The summed E-state index contributed by atoms with van der Waals surface area (Å²) in [5, 5.41) is 1.75. The van der Waals surface area contributed by atoms with Gasteiger partial charge in [0.25, 0.3) is 6.71 Å². The minimum Gasteiger partial charge on any atom is -0.311 e. The lowest BCUT2D eigenvalue weighted by Gasteiger charge is -2.44. The van der Waals surface area contributed by atoms with Crippen LogP contribution in [0.1, 0.15) is 5.56 Å². The maximum Gasteiger partial charge on any atom is 0.417 e. The van der Waals surface area contributed by atoms with Crippen molar-refractivity contribution in [1.29, 1.82) is 0 Å². The van der Waals surface area contributed by atoms with Crippen molar-refractivity contribution in [3.05, 3.63) is 351 Å². The van der Waals surface area contributed by atoms with Gasteiger partial charge in [-0.3, -0.25) is 0 Å². The van der Waals surface area contributed by atoms with Crippen LogP contribution in [0.15, 0.2) is 346 Å². The summed E-state index contributed by atoms with van der Waals surface area (Å²) in [5.41, 5.74) is 24.0. The summed E-state index contributed by atoms with van der Waals surface area (Å²) in [6.07, 6.45) is -4.77. The van der Waals surface area contributed by atoms with Gasteiger partial charge in [0.15, 0.2) is 5.82 Å². The Morgan fingerprint density at radius 3 is 1.13 bits per heavy atom. The van der Waals surface area contributed by atoms with E-state index in [9.17, 15) is 0 Å². The Morgan fingerprint density at radius 2 is 0.663 bits per heavy atom. The van der Waals surface area contributed by atoms with Crippen LogP contribution in [-0.4, -0.2) is 21.2 Å². The zero-order chi connectivity index (χ0) is 65.4. The fourth-order valence-electron chi connectivity index (χ4n) is 14.9. The molecule has 462 valence electrons. The maximum absolute atomic E-state index is 16.0. The van der Waals surface area contributed by atoms with E-state index < -0.39 is 11.7 Å². The Bertz CT molecular complexity index is 5460. The van der Waals surface area contributed by atoms with Gasteiger partial charge in [-0.1, -0.05) is 261 Å². The topological polar surface area (TPSA) is 37.2 Å². The van der Waals surface area contributed by atoms with E-state index in [2.05, 4.69) is 240 Å². The van der Waals surface area contributed by atoms with Crippen molar-refractivity contribution < 1.29 is 13.2 Å². The van der Waals surface area contributed by atoms with Crippen LogP contribution in [0.5, 0.6) is 0 Å². The highest BCUT2D eigenvalue weighted by atomic mass is 19.4. The fourth-order valence-corrected chi connectivity index (χ4v) is 14.9. The van der Waals surface area contributed by atoms with E-state index in [-0.39, 0.29) is 18.1 Å². The van der Waals surface area contributed by atoms with Gasteiger partial charge in [0, 0.05) is 56.0 Å². The van der Waals surface area contributed by atoms with Crippen molar-refractivity contribution in [3.63, 3.8) is 0 Å². The SMILES string of the molecule is FC(F)(F)c1cccc(-n2c3ccccc3c3cc(-c4cc5c6c(c4)N(c4ccc(-c7ccccc7)cc4)c4ccc(-c7ccccc7)cc4B6c4cc(-c6ccccc6)ccc4N5c4ccc(-c5ccccc5)cc4)ccc32)c1-c1nc(-c2ccccc2)cc(-c2ccccc2)n1. The van der Waals surface area contributed by atoms with Gasteiger partial charge in [0.2, 0.25) is 0 Å². The molecule has 2 aliphatic rings. The molecule has 0 radical (unpaired) electrons. The zero-order valence-corrected chi connectivity index (χ0v) is 52.9. The molecule has 98 heavy (non-hydrogen) atoms. The molecule has 5 nitrogen and oxygen atoms in total. The molecule has 18 rings (SSSR count). The second-order valence-corrected chi connectivity index (χ2v) is 25.1. The first kappa shape index (κ1) is 58.0. The number of anilines is 6. The Balaban J connectivity index is 0.889. The Kier molecular flexibility index (Phi) is 14.0. The van der Waals surface area contributed by atoms with Crippen molar-refractivity contribution in [2.75, 3.05) is 9.80 Å². The zero-order valence-electron chi connectivity index (χ0n) is 52.9. The molecule has 0 saturated heterocycles. The second kappa shape index (κ2) is 23.7. The highest BCUT2D eigenvalue weighted by molar-refractivity contribution is 7.00. The number of halogens is 3. The van der Waals surface area contributed by atoms with Gasteiger partial charge >= 0.3 is 6.18 Å². The van der Waals surface area contributed by atoms with Gasteiger partial charge in [-0.2, -0.15) is 13.2 Å². The molecular formula is C89H57BF3N5. The van der Waals surface area contributed by atoms with Gasteiger partial charge in [-0.15, -0.1) is 0 Å². The summed E-state index contributed by atoms with van der Waals surface area (Å²) >= 11 is 0. The van der Waals surface area contributed by atoms with E-state index in [1.807, 2.05) is 102 Å². The number of hydrogen-bond donors (Lipinski definition) is 0. The summed E-state index contributed by atoms with van der Waals surface area (Å²) in [6.45, 7) is -0.227. The van der Waals surface area contributed by atoms with Gasteiger partial charge in [0.1, 0.15) is 0 Å². The normalized spacial score (nSPS) is 12.4. The summed E-state index contributed by atoms with van der Waals surface area (Å²) in [5.74, 6) is -0.0359. The summed E-state index contributed by atoms with van der Waals surface area (Å²) in [4.78, 5) is 15.0. The second-order valence-electron chi connectivity index (χ2n) is 25.1. The molecule has 9 heteroatoms. The van der Waals surface area contributed by atoms with Crippen molar-refractivity contribution in [3.8, 4) is 95.2 Å². The number of para-hydroxylation sites is 1. The van der Waals surface area contributed by atoms with Gasteiger partial charge in [-0.25, -0.2) is 9.97 Å². The minimum atomic E-state index is -4.77. The lowest BCUT2D eigenvalue weighted by Crippen LogP contribution is -2.61. The quantitative estimate of drug-likeness (QED) is 0.121. The van der Waals surface area contributed by atoms with Crippen LogP contribution in [0.2, 0.25) is 0 Å². The highest BCUT2D eigenvalue weighted by Crippen LogP contribution is 2.50. The molecule has 0 bridgehead atoms. The molecule has 0 unspecified atom stereocenters. The van der Waals surface area contributed by atoms with E-state index in [0.717, 1.165) is 134 Å². The molecule has 16 aromatic rings. The fraction of sp³-hybridized carbons (Fsp3) is 0.0112. The van der Waals surface area contributed by atoms with Crippen LogP contribution in [0.25, 0.3) is 117 Å². The van der Waals surface area contributed by atoms with Crippen LogP contribution < -0.4 is 26.2 Å². The molecule has 2 aliphatic heterocycles. The van der Waals surface area contributed by atoms with Crippen molar-refractivity contribution in [2.24, 2.45) is 0 Å². The highest BCUT2D eigenvalue weighted by Gasteiger charge is 2.44. The van der Waals surface area contributed by atoms with Crippen molar-refractivity contribution in [1.82, 2.24) is 14.5 Å². The molecular weight excluding hydrogens is 1210 g/mol. The number of fused-ring (bicyclic) bond motifs is 7. The molecule has 4 heterocycles.